The standard InChI is InChI=1S/C11H16N2OS/c1-3-7-4-9(7)13-11(14)10-5-8(12)6(2)15-10/h5,7,9H,3-4,12H2,1-2H3,(H,13,14). The molecule has 2 atom stereocenters. The van der Waals surface area contributed by atoms with Crippen LogP contribution in [0.2, 0.25) is 0 Å². The molecule has 0 saturated heterocycles. The lowest BCUT2D eigenvalue weighted by Crippen LogP contribution is -2.25. The molecule has 0 aliphatic heterocycles. The van der Waals surface area contributed by atoms with Crippen molar-refractivity contribution in [2.45, 2.75) is 32.7 Å². The van der Waals surface area contributed by atoms with Crippen molar-refractivity contribution in [1.29, 1.82) is 0 Å². The Morgan fingerprint density at radius 1 is 1.73 bits per heavy atom. The number of hydrogen-bond acceptors (Lipinski definition) is 3. The number of nitrogen functional groups attached to an aromatic ring is 1. The minimum atomic E-state index is 0.0285. The van der Waals surface area contributed by atoms with Crippen molar-refractivity contribution in [3.05, 3.63) is 15.8 Å². The van der Waals surface area contributed by atoms with Gasteiger partial charge in [0.2, 0.25) is 0 Å². The maximum absolute atomic E-state index is 11.8. The van der Waals surface area contributed by atoms with Crippen molar-refractivity contribution in [2.75, 3.05) is 5.73 Å². The molecule has 2 rings (SSSR count). The largest absolute Gasteiger partial charge is 0.398 e. The van der Waals surface area contributed by atoms with Crippen molar-refractivity contribution >= 4 is 22.9 Å². The second kappa shape index (κ2) is 3.85. The summed E-state index contributed by atoms with van der Waals surface area (Å²) < 4.78 is 0. The van der Waals surface area contributed by atoms with Gasteiger partial charge in [-0.05, 0) is 25.3 Å². The van der Waals surface area contributed by atoms with Crippen LogP contribution in [0.5, 0.6) is 0 Å². The highest BCUT2D eigenvalue weighted by Crippen LogP contribution is 2.33. The maximum Gasteiger partial charge on any atom is 0.261 e. The van der Waals surface area contributed by atoms with E-state index in [1.165, 1.54) is 11.3 Å². The van der Waals surface area contributed by atoms with Crippen LogP contribution < -0.4 is 11.1 Å². The van der Waals surface area contributed by atoms with Crippen molar-refractivity contribution in [2.24, 2.45) is 5.92 Å². The van der Waals surface area contributed by atoms with E-state index >= 15 is 0 Å². The summed E-state index contributed by atoms with van der Waals surface area (Å²) in [5.41, 5.74) is 6.42. The predicted octanol–water partition coefficient (Wildman–Crippen LogP) is 2.17. The van der Waals surface area contributed by atoms with Gasteiger partial charge in [-0.3, -0.25) is 4.79 Å². The summed E-state index contributed by atoms with van der Waals surface area (Å²) in [5.74, 6) is 0.716. The Labute approximate surface area is 93.7 Å². The predicted molar refractivity (Wildman–Crippen MR) is 63.1 cm³/mol. The molecule has 4 heteroatoms. The fraction of sp³-hybridized carbons (Fsp3) is 0.545. The van der Waals surface area contributed by atoms with Crippen LogP contribution in [-0.2, 0) is 0 Å². The van der Waals surface area contributed by atoms with Gasteiger partial charge in [0.1, 0.15) is 0 Å². The topological polar surface area (TPSA) is 55.1 Å². The number of nitrogens with one attached hydrogen (secondary N) is 1. The van der Waals surface area contributed by atoms with Crippen LogP contribution in [0.25, 0.3) is 0 Å². The number of anilines is 1. The summed E-state index contributed by atoms with van der Waals surface area (Å²) in [7, 11) is 0. The number of carbonyl (C=O) groups is 1. The molecule has 1 aliphatic carbocycles. The molecule has 0 aromatic carbocycles. The van der Waals surface area contributed by atoms with E-state index in [0.717, 1.165) is 22.6 Å². The Morgan fingerprint density at radius 2 is 2.47 bits per heavy atom. The number of amides is 1. The number of aryl methyl sites for hydroxylation is 1. The van der Waals surface area contributed by atoms with Gasteiger partial charge < -0.3 is 11.1 Å². The normalized spacial score (nSPS) is 23.9. The summed E-state index contributed by atoms with van der Waals surface area (Å²) >= 11 is 1.46. The molecule has 15 heavy (non-hydrogen) atoms. The van der Waals surface area contributed by atoms with Crippen LogP contribution >= 0.6 is 11.3 Å². The summed E-state index contributed by atoms with van der Waals surface area (Å²) in [6.07, 6.45) is 2.28. The van der Waals surface area contributed by atoms with Crippen molar-refractivity contribution in [1.82, 2.24) is 5.32 Å². The molecule has 1 fully saturated rings. The van der Waals surface area contributed by atoms with Gasteiger partial charge in [0.15, 0.2) is 0 Å². The minimum Gasteiger partial charge on any atom is -0.398 e. The molecule has 82 valence electrons. The average molecular weight is 224 g/mol. The van der Waals surface area contributed by atoms with Gasteiger partial charge in [-0.1, -0.05) is 13.3 Å². The van der Waals surface area contributed by atoms with E-state index in [9.17, 15) is 4.79 Å². The number of carbonyl (C=O) groups excluding carboxylic acids is 1. The maximum atomic E-state index is 11.8. The third-order valence-electron chi connectivity index (χ3n) is 2.94. The van der Waals surface area contributed by atoms with Crippen LogP contribution in [0.4, 0.5) is 5.69 Å². The molecule has 1 aromatic heterocycles. The summed E-state index contributed by atoms with van der Waals surface area (Å²) in [5, 5.41) is 3.03. The molecule has 1 heterocycles. The third-order valence-corrected chi connectivity index (χ3v) is 4.01. The molecular weight excluding hydrogens is 208 g/mol. The first kappa shape index (κ1) is 10.5. The first-order valence-electron chi connectivity index (χ1n) is 5.28. The second-order valence-corrected chi connectivity index (χ2v) is 5.36. The SMILES string of the molecule is CCC1CC1NC(=O)c1cc(N)c(C)s1. The van der Waals surface area contributed by atoms with Gasteiger partial charge in [-0.15, -0.1) is 11.3 Å². The van der Waals surface area contributed by atoms with E-state index in [-0.39, 0.29) is 5.91 Å². The van der Waals surface area contributed by atoms with Gasteiger partial charge in [-0.2, -0.15) is 0 Å². The Balaban J connectivity index is 1.97. The van der Waals surface area contributed by atoms with Crippen LogP contribution in [-0.4, -0.2) is 11.9 Å². The van der Waals surface area contributed by atoms with Crippen molar-refractivity contribution in [3.63, 3.8) is 0 Å². The summed E-state index contributed by atoms with van der Waals surface area (Å²) in [6, 6.07) is 2.16. The van der Waals surface area contributed by atoms with Gasteiger partial charge >= 0.3 is 0 Å². The Kier molecular flexibility index (Phi) is 2.69. The van der Waals surface area contributed by atoms with Crippen LogP contribution in [0, 0.1) is 12.8 Å². The molecule has 3 nitrogen and oxygen atoms in total. The Hall–Kier alpha value is -1.03. The zero-order valence-electron chi connectivity index (χ0n) is 9.04. The fourth-order valence-corrected chi connectivity index (χ4v) is 2.57. The average Bonchev–Trinajstić information content (AvgIpc) is 2.86. The zero-order valence-corrected chi connectivity index (χ0v) is 9.86. The lowest BCUT2D eigenvalue weighted by atomic mass is 10.3. The highest BCUT2D eigenvalue weighted by atomic mass is 32.1. The minimum absolute atomic E-state index is 0.0285. The third kappa shape index (κ3) is 2.15. The van der Waals surface area contributed by atoms with Crippen molar-refractivity contribution < 1.29 is 4.79 Å². The van der Waals surface area contributed by atoms with Gasteiger partial charge in [0.25, 0.3) is 5.91 Å². The monoisotopic (exact) mass is 224 g/mol. The number of hydrogen-bond donors (Lipinski definition) is 2. The van der Waals surface area contributed by atoms with E-state index in [1.54, 1.807) is 6.07 Å². The molecule has 0 bridgehead atoms. The molecule has 0 radical (unpaired) electrons. The Bertz CT molecular complexity index is 366. The number of thiophene rings is 1. The van der Waals surface area contributed by atoms with Gasteiger partial charge in [-0.25, -0.2) is 0 Å². The van der Waals surface area contributed by atoms with E-state index in [1.807, 2.05) is 6.92 Å². The molecule has 3 N–H and O–H groups in total. The van der Waals surface area contributed by atoms with Crippen molar-refractivity contribution in [3.8, 4) is 0 Å². The van der Waals surface area contributed by atoms with Gasteiger partial charge in [0.05, 0.1) is 4.88 Å². The molecular formula is C11H16N2OS. The number of nitrogens with two attached hydrogens (primary N) is 1. The summed E-state index contributed by atoms with van der Waals surface area (Å²) in [6.45, 7) is 4.09. The van der Waals surface area contributed by atoms with Crippen LogP contribution in [0.1, 0.15) is 34.3 Å². The highest BCUT2D eigenvalue weighted by Gasteiger charge is 2.36. The van der Waals surface area contributed by atoms with E-state index in [4.69, 9.17) is 5.73 Å². The Morgan fingerprint density at radius 3 is 2.93 bits per heavy atom. The molecule has 0 spiro atoms. The fourth-order valence-electron chi connectivity index (χ4n) is 1.72. The number of rotatable bonds is 3. The quantitative estimate of drug-likeness (QED) is 0.826. The molecule has 1 aromatic rings. The molecule has 1 saturated carbocycles. The van der Waals surface area contributed by atoms with E-state index in [0.29, 0.717) is 17.6 Å². The lowest BCUT2D eigenvalue weighted by molar-refractivity contribution is 0.0953. The lowest BCUT2D eigenvalue weighted by Gasteiger charge is -2.00. The van der Waals surface area contributed by atoms with E-state index in [2.05, 4.69) is 12.2 Å². The first-order chi connectivity index (χ1) is 7.11. The molecule has 1 aliphatic rings. The van der Waals surface area contributed by atoms with Crippen LogP contribution in [0.15, 0.2) is 6.07 Å². The zero-order chi connectivity index (χ0) is 11.0. The first-order valence-corrected chi connectivity index (χ1v) is 6.10. The van der Waals surface area contributed by atoms with Gasteiger partial charge in [0, 0.05) is 16.6 Å². The molecule has 1 amide bonds. The van der Waals surface area contributed by atoms with Crippen LogP contribution in [0.3, 0.4) is 0 Å². The molecule has 2 unspecified atom stereocenters. The highest BCUT2D eigenvalue weighted by molar-refractivity contribution is 7.14. The van der Waals surface area contributed by atoms with E-state index < -0.39 is 0 Å². The smallest absolute Gasteiger partial charge is 0.261 e. The summed E-state index contributed by atoms with van der Waals surface area (Å²) in [4.78, 5) is 13.5. The second-order valence-electron chi connectivity index (χ2n) is 4.11.